The maximum atomic E-state index is 13.2. The van der Waals surface area contributed by atoms with Crippen molar-refractivity contribution in [1.82, 2.24) is 5.32 Å². The molecular weight excluding hydrogens is 546 g/mol. The summed E-state index contributed by atoms with van der Waals surface area (Å²) in [5.41, 5.74) is 2.39. The summed E-state index contributed by atoms with van der Waals surface area (Å²) in [6, 6.07) is 20.9. The van der Waals surface area contributed by atoms with Crippen LogP contribution in [0.5, 0.6) is 11.5 Å². The quantitative estimate of drug-likeness (QED) is 0.189. The van der Waals surface area contributed by atoms with Gasteiger partial charge in [0, 0.05) is 0 Å². The van der Waals surface area contributed by atoms with Gasteiger partial charge in [-0.15, -0.1) is 0 Å². The van der Waals surface area contributed by atoms with E-state index in [1.165, 1.54) is 18.2 Å². The summed E-state index contributed by atoms with van der Waals surface area (Å²) in [5, 5.41) is 12.5. The van der Waals surface area contributed by atoms with Crippen molar-refractivity contribution in [2.45, 2.75) is 26.5 Å². The zero-order valence-electron chi connectivity index (χ0n) is 18.8. The van der Waals surface area contributed by atoms with E-state index >= 15 is 0 Å². The van der Waals surface area contributed by atoms with Crippen molar-refractivity contribution in [3.63, 3.8) is 0 Å². The second-order valence-corrected chi connectivity index (χ2v) is 8.62. The zero-order valence-corrected chi connectivity index (χ0v) is 21.0. The number of ether oxygens (including phenoxy) is 2. The first-order valence-corrected chi connectivity index (χ1v) is 11.8. The largest absolute Gasteiger partial charge is 0.490 e. The summed E-state index contributed by atoms with van der Waals surface area (Å²) >= 11 is 2.13. The highest BCUT2D eigenvalue weighted by Crippen LogP contribution is 2.35. The lowest BCUT2D eigenvalue weighted by Gasteiger charge is -2.15. The minimum Gasteiger partial charge on any atom is -0.490 e. The van der Waals surface area contributed by atoms with Gasteiger partial charge in [-0.2, -0.15) is 5.26 Å². The molecule has 0 aromatic heterocycles. The van der Waals surface area contributed by atoms with Crippen LogP contribution in [0.2, 0.25) is 0 Å². The molecule has 34 heavy (non-hydrogen) atoms. The van der Waals surface area contributed by atoms with E-state index in [0.717, 1.165) is 14.7 Å². The van der Waals surface area contributed by atoms with Gasteiger partial charge in [-0.3, -0.25) is 4.79 Å². The van der Waals surface area contributed by atoms with Gasteiger partial charge < -0.3 is 14.8 Å². The molecule has 0 aliphatic carbocycles. The Labute approximate surface area is 212 Å². The van der Waals surface area contributed by atoms with Crippen LogP contribution in [0.3, 0.4) is 0 Å². The van der Waals surface area contributed by atoms with Gasteiger partial charge in [0.1, 0.15) is 24.1 Å². The first kappa shape index (κ1) is 25.2. The predicted molar refractivity (Wildman–Crippen MR) is 138 cm³/mol. The fraction of sp³-hybridized carbons (Fsp3) is 0.185. The second kappa shape index (κ2) is 12.2. The summed E-state index contributed by atoms with van der Waals surface area (Å²) in [6.07, 6.45) is 1.53. The third-order valence-electron chi connectivity index (χ3n) is 4.95. The molecule has 1 amide bonds. The lowest BCUT2D eigenvalue weighted by molar-refractivity contribution is -0.117. The van der Waals surface area contributed by atoms with Gasteiger partial charge in [0.15, 0.2) is 11.5 Å². The Kier molecular flexibility index (Phi) is 9.05. The molecule has 3 rings (SSSR count). The highest BCUT2D eigenvalue weighted by atomic mass is 127. The summed E-state index contributed by atoms with van der Waals surface area (Å²) in [6.45, 7) is 4.38. The fourth-order valence-electron chi connectivity index (χ4n) is 3.23. The van der Waals surface area contributed by atoms with Gasteiger partial charge in [-0.1, -0.05) is 42.5 Å². The Balaban J connectivity index is 1.81. The van der Waals surface area contributed by atoms with Crippen LogP contribution < -0.4 is 14.8 Å². The number of carbonyl (C=O) groups excluding carboxylic acids is 1. The van der Waals surface area contributed by atoms with E-state index in [0.29, 0.717) is 23.7 Å². The van der Waals surface area contributed by atoms with Crippen molar-refractivity contribution < 1.29 is 18.7 Å². The van der Waals surface area contributed by atoms with E-state index < -0.39 is 5.91 Å². The maximum Gasteiger partial charge on any atom is 0.262 e. The lowest BCUT2D eigenvalue weighted by atomic mass is 10.1. The number of benzene rings is 3. The predicted octanol–water partition coefficient (Wildman–Crippen LogP) is 6.19. The van der Waals surface area contributed by atoms with Crippen molar-refractivity contribution in [2.24, 2.45) is 0 Å². The molecule has 0 radical (unpaired) electrons. The molecule has 1 N–H and O–H groups in total. The van der Waals surface area contributed by atoms with E-state index in [2.05, 4.69) is 27.9 Å². The van der Waals surface area contributed by atoms with Gasteiger partial charge >= 0.3 is 0 Å². The van der Waals surface area contributed by atoms with Crippen LogP contribution in [-0.2, 0) is 11.4 Å². The highest BCUT2D eigenvalue weighted by molar-refractivity contribution is 14.1. The number of nitriles is 1. The number of amides is 1. The smallest absolute Gasteiger partial charge is 0.262 e. The van der Waals surface area contributed by atoms with E-state index in [4.69, 9.17) is 9.47 Å². The van der Waals surface area contributed by atoms with Crippen molar-refractivity contribution >= 4 is 34.6 Å². The van der Waals surface area contributed by atoms with Crippen LogP contribution in [-0.4, -0.2) is 12.5 Å². The minimum atomic E-state index is -0.455. The third kappa shape index (κ3) is 6.81. The average Bonchev–Trinajstić information content (AvgIpc) is 2.83. The normalized spacial score (nSPS) is 11.9. The molecule has 0 heterocycles. The highest BCUT2D eigenvalue weighted by Gasteiger charge is 2.16. The Hall–Kier alpha value is -3.38. The first-order chi connectivity index (χ1) is 16.4. The summed E-state index contributed by atoms with van der Waals surface area (Å²) in [4.78, 5) is 12.7. The van der Waals surface area contributed by atoms with Crippen LogP contribution >= 0.6 is 22.6 Å². The lowest BCUT2D eigenvalue weighted by Crippen LogP contribution is -2.27. The summed E-state index contributed by atoms with van der Waals surface area (Å²) in [7, 11) is 0. The van der Waals surface area contributed by atoms with Gasteiger partial charge in [0.05, 0.1) is 16.2 Å². The van der Waals surface area contributed by atoms with Crippen molar-refractivity contribution in [3.05, 3.63) is 98.4 Å². The standard InChI is InChI=1S/C27H24FIN2O3/c1-3-33-25-15-20(14-24(29)26(25)34-17-19-9-11-23(28)12-10-19)13-22(16-30)27(32)31-18(2)21-7-5-4-6-8-21/h4-15,18H,3,17H2,1-2H3,(H,31,32)/b22-13-/t18-/m0/s1. The molecule has 0 aliphatic rings. The van der Waals surface area contributed by atoms with Gasteiger partial charge in [0.25, 0.3) is 5.91 Å². The molecule has 0 saturated heterocycles. The monoisotopic (exact) mass is 570 g/mol. The summed E-state index contributed by atoms with van der Waals surface area (Å²) in [5.74, 6) is 0.283. The molecule has 0 aliphatic heterocycles. The molecule has 3 aromatic rings. The SMILES string of the molecule is CCOc1cc(/C=C(/C#N)C(=O)N[C@@H](C)c2ccccc2)cc(I)c1OCc1ccc(F)cc1. The molecule has 0 unspecified atom stereocenters. The maximum absolute atomic E-state index is 13.2. The number of rotatable bonds is 9. The third-order valence-corrected chi connectivity index (χ3v) is 5.75. The van der Waals surface area contributed by atoms with Gasteiger partial charge in [-0.25, -0.2) is 4.39 Å². The van der Waals surface area contributed by atoms with Gasteiger partial charge in [0.2, 0.25) is 0 Å². The second-order valence-electron chi connectivity index (χ2n) is 7.45. The van der Waals surface area contributed by atoms with Gasteiger partial charge in [-0.05, 0) is 83.5 Å². The number of halogens is 2. The average molecular weight is 570 g/mol. The van der Waals surface area contributed by atoms with Crippen LogP contribution in [0.1, 0.15) is 36.6 Å². The van der Waals surface area contributed by atoms with Crippen molar-refractivity contribution in [1.29, 1.82) is 5.26 Å². The molecule has 5 nitrogen and oxygen atoms in total. The number of hydrogen-bond donors (Lipinski definition) is 1. The minimum absolute atomic E-state index is 0.0130. The Bertz CT molecular complexity index is 1210. The van der Waals surface area contributed by atoms with E-state index in [1.54, 1.807) is 18.2 Å². The molecule has 0 spiro atoms. The number of carbonyl (C=O) groups is 1. The van der Waals surface area contributed by atoms with Crippen LogP contribution in [0, 0.1) is 20.7 Å². The Morgan fingerprint density at radius 2 is 1.85 bits per heavy atom. The van der Waals surface area contributed by atoms with Crippen molar-refractivity contribution in [2.75, 3.05) is 6.61 Å². The van der Waals surface area contributed by atoms with Crippen LogP contribution in [0.15, 0.2) is 72.3 Å². The molecule has 0 bridgehead atoms. The topological polar surface area (TPSA) is 71.3 Å². The molecule has 174 valence electrons. The molecule has 0 fully saturated rings. The number of hydrogen-bond acceptors (Lipinski definition) is 4. The summed E-state index contributed by atoms with van der Waals surface area (Å²) < 4.78 is 25.6. The van der Waals surface area contributed by atoms with Crippen LogP contribution in [0.4, 0.5) is 4.39 Å². The zero-order chi connectivity index (χ0) is 24.5. The first-order valence-electron chi connectivity index (χ1n) is 10.7. The molecule has 0 saturated carbocycles. The van der Waals surface area contributed by atoms with E-state index in [9.17, 15) is 14.4 Å². The number of nitrogens with zero attached hydrogens (tertiary/aromatic N) is 1. The molecular formula is C27H24FIN2O3. The van der Waals surface area contributed by atoms with E-state index in [-0.39, 0.29) is 24.0 Å². The Morgan fingerprint density at radius 3 is 2.50 bits per heavy atom. The molecule has 7 heteroatoms. The molecule has 3 aromatic carbocycles. The Morgan fingerprint density at radius 1 is 1.15 bits per heavy atom. The van der Waals surface area contributed by atoms with Crippen molar-refractivity contribution in [3.8, 4) is 17.6 Å². The fourth-order valence-corrected chi connectivity index (χ4v) is 4.01. The van der Waals surface area contributed by atoms with Crippen LogP contribution in [0.25, 0.3) is 6.08 Å². The number of nitrogens with one attached hydrogen (secondary N) is 1. The van der Waals surface area contributed by atoms with E-state index in [1.807, 2.05) is 56.3 Å². The molecule has 1 atom stereocenters.